The molecule has 0 radical (unpaired) electrons. The maximum absolute atomic E-state index is 12.9. The highest BCUT2D eigenvalue weighted by molar-refractivity contribution is 7.87. The summed E-state index contributed by atoms with van der Waals surface area (Å²) in [6, 6.07) is 0. The van der Waals surface area contributed by atoms with Gasteiger partial charge in [-0.3, -0.25) is 9.69 Å². The van der Waals surface area contributed by atoms with Crippen LogP contribution in [0.5, 0.6) is 5.75 Å². The highest BCUT2D eigenvalue weighted by Crippen LogP contribution is 2.31. The van der Waals surface area contributed by atoms with Crippen LogP contribution < -0.4 is 9.64 Å². The Balaban J connectivity index is 2.38. The van der Waals surface area contributed by atoms with Crippen molar-refractivity contribution in [1.29, 1.82) is 0 Å². The quantitative estimate of drug-likeness (QED) is 0.598. The van der Waals surface area contributed by atoms with Crippen LogP contribution in [0.15, 0.2) is 6.20 Å². The highest BCUT2D eigenvalue weighted by atomic mass is 35.5. The lowest BCUT2D eigenvalue weighted by Gasteiger charge is -2.17. The van der Waals surface area contributed by atoms with Gasteiger partial charge in [-0.15, -0.1) is 3.89 Å². The minimum atomic E-state index is -4.79. The van der Waals surface area contributed by atoms with Gasteiger partial charge in [0.2, 0.25) is 11.2 Å². The highest BCUT2D eigenvalue weighted by Gasteiger charge is 2.40. The van der Waals surface area contributed by atoms with Gasteiger partial charge in [0.25, 0.3) is 0 Å². The van der Waals surface area contributed by atoms with Crippen molar-refractivity contribution >= 4 is 33.5 Å². The number of carbonyl (C=O) groups is 1. The van der Waals surface area contributed by atoms with E-state index in [4.69, 9.17) is 16.3 Å². The molecule has 0 aliphatic carbocycles. The zero-order valence-electron chi connectivity index (χ0n) is 9.71. The van der Waals surface area contributed by atoms with E-state index < -0.39 is 27.8 Å². The third-order valence-corrected chi connectivity index (χ3v) is 3.96. The summed E-state index contributed by atoms with van der Waals surface area (Å²) in [5.41, 5.74) is 0. The molecule has 0 aromatic carbocycles. The summed E-state index contributed by atoms with van der Waals surface area (Å²) < 4.78 is 39.6. The van der Waals surface area contributed by atoms with E-state index in [0.29, 0.717) is 0 Å². The monoisotopic (exact) mass is 309 g/mol. The lowest BCUT2D eigenvalue weighted by molar-refractivity contribution is -0.117. The lowest BCUT2D eigenvalue weighted by Crippen LogP contribution is -2.28. The van der Waals surface area contributed by atoms with E-state index in [2.05, 4.69) is 9.97 Å². The number of anilines is 1. The van der Waals surface area contributed by atoms with Crippen LogP contribution in [0.3, 0.4) is 0 Å². The Labute approximate surface area is 113 Å². The number of ether oxygens (including phenoxy) is 1. The first-order chi connectivity index (χ1) is 8.82. The molecule has 2 heterocycles. The van der Waals surface area contributed by atoms with Gasteiger partial charge < -0.3 is 4.74 Å². The van der Waals surface area contributed by atoms with E-state index in [9.17, 15) is 17.1 Å². The minimum absolute atomic E-state index is 0.0265. The van der Waals surface area contributed by atoms with Gasteiger partial charge in [0.1, 0.15) is 5.25 Å². The fourth-order valence-electron chi connectivity index (χ4n) is 1.75. The van der Waals surface area contributed by atoms with Crippen LogP contribution in [0.25, 0.3) is 0 Å². The molecular formula is C9H9ClFN3O4S. The van der Waals surface area contributed by atoms with Crippen LogP contribution in [0.2, 0.25) is 5.28 Å². The SMILES string of the molecule is COc1cnc(Cl)nc1N1CC(S(=O)(=O)F)CC1=O. The van der Waals surface area contributed by atoms with E-state index >= 15 is 0 Å². The van der Waals surface area contributed by atoms with Crippen molar-refractivity contribution in [3.05, 3.63) is 11.5 Å². The van der Waals surface area contributed by atoms with Gasteiger partial charge in [0.15, 0.2) is 11.6 Å². The molecule has 10 heteroatoms. The Kier molecular flexibility index (Phi) is 3.59. The molecule has 104 valence electrons. The Morgan fingerprint density at radius 3 is 2.79 bits per heavy atom. The largest absolute Gasteiger partial charge is 0.491 e. The molecule has 0 N–H and O–H groups in total. The van der Waals surface area contributed by atoms with Gasteiger partial charge in [-0.05, 0) is 11.6 Å². The first-order valence-corrected chi connectivity index (χ1v) is 6.95. The van der Waals surface area contributed by atoms with Crippen LogP contribution in [0.4, 0.5) is 9.70 Å². The number of aromatic nitrogens is 2. The number of hydrogen-bond donors (Lipinski definition) is 0. The summed E-state index contributed by atoms with van der Waals surface area (Å²) >= 11 is 5.62. The van der Waals surface area contributed by atoms with E-state index in [1.807, 2.05) is 0 Å². The fraction of sp³-hybridized carbons (Fsp3) is 0.444. The Morgan fingerprint density at radius 1 is 1.58 bits per heavy atom. The molecule has 1 atom stereocenters. The number of methoxy groups -OCH3 is 1. The molecule has 1 aromatic rings. The van der Waals surface area contributed by atoms with Gasteiger partial charge >= 0.3 is 10.2 Å². The predicted octanol–water partition coefficient (Wildman–Crippen LogP) is 0.543. The topological polar surface area (TPSA) is 89.5 Å². The molecule has 1 unspecified atom stereocenters. The molecule has 0 saturated carbocycles. The van der Waals surface area contributed by atoms with Gasteiger partial charge in [-0.2, -0.15) is 13.4 Å². The summed E-state index contributed by atoms with van der Waals surface area (Å²) in [7, 11) is -3.45. The molecule has 1 aromatic heterocycles. The zero-order valence-corrected chi connectivity index (χ0v) is 11.3. The van der Waals surface area contributed by atoms with E-state index in [1.54, 1.807) is 0 Å². The number of amides is 1. The van der Waals surface area contributed by atoms with E-state index in [1.165, 1.54) is 13.3 Å². The van der Waals surface area contributed by atoms with Gasteiger partial charge in [0, 0.05) is 13.0 Å². The van der Waals surface area contributed by atoms with Crippen molar-refractivity contribution < 1.29 is 21.8 Å². The molecule has 7 nitrogen and oxygen atoms in total. The first kappa shape index (κ1) is 13.9. The van der Waals surface area contributed by atoms with E-state index in [0.717, 1.165) is 4.90 Å². The average Bonchev–Trinajstić information content (AvgIpc) is 2.71. The van der Waals surface area contributed by atoms with Crippen LogP contribution in [-0.4, -0.2) is 43.2 Å². The number of carbonyl (C=O) groups excluding carboxylic acids is 1. The molecule has 0 bridgehead atoms. The van der Waals surface area contributed by atoms with Crippen LogP contribution in [-0.2, 0) is 15.0 Å². The minimum Gasteiger partial charge on any atom is -0.491 e. The molecule has 1 fully saturated rings. The number of nitrogens with zero attached hydrogens (tertiary/aromatic N) is 3. The Hall–Kier alpha value is -1.48. The summed E-state index contributed by atoms with van der Waals surface area (Å²) in [5, 5.41) is -1.53. The summed E-state index contributed by atoms with van der Waals surface area (Å²) in [4.78, 5) is 20.3. The summed E-state index contributed by atoms with van der Waals surface area (Å²) in [5.74, 6) is -0.396. The molecule has 19 heavy (non-hydrogen) atoms. The molecule has 1 saturated heterocycles. The van der Waals surface area contributed by atoms with Crippen molar-refractivity contribution in [2.45, 2.75) is 11.7 Å². The molecule has 1 aliphatic rings. The Morgan fingerprint density at radius 2 is 2.26 bits per heavy atom. The molecule has 2 rings (SSSR count). The second kappa shape index (κ2) is 4.89. The van der Waals surface area contributed by atoms with Crippen molar-refractivity contribution in [2.24, 2.45) is 0 Å². The van der Waals surface area contributed by atoms with Gasteiger partial charge in [-0.25, -0.2) is 4.98 Å². The lowest BCUT2D eigenvalue weighted by atomic mass is 10.4. The van der Waals surface area contributed by atoms with E-state index in [-0.39, 0.29) is 23.4 Å². The maximum Gasteiger partial charge on any atom is 0.307 e. The molecule has 0 spiro atoms. The van der Waals surface area contributed by atoms with Crippen molar-refractivity contribution in [3.8, 4) is 5.75 Å². The fourth-order valence-corrected chi connectivity index (χ4v) is 2.54. The number of hydrogen-bond acceptors (Lipinski definition) is 6. The average molecular weight is 310 g/mol. The van der Waals surface area contributed by atoms with Crippen molar-refractivity contribution in [1.82, 2.24) is 9.97 Å². The maximum atomic E-state index is 12.9. The molecular weight excluding hydrogens is 301 g/mol. The molecule has 1 amide bonds. The second-order valence-corrected chi connectivity index (χ2v) is 5.79. The van der Waals surface area contributed by atoms with Crippen molar-refractivity contribution in [2.75, 3.05) is 18.6 Å². The third kappa shape index (κ3) is 2.76. The normalized spacial score (nSPS) is 19.8. The smallest absolute Gasteiger partial charge is 0.307 e. The number of rotatable bonds is 3. The Bertz CT molecular complexity index is 624. The van der Waals surface area contributed by atoms with Crippen LogP contribution >= 0.6 is 11.6 Å². The third-order valence-electron chi connectivity index (χ3n) is 2.67. The van der Waals surface area contributed by atoms with Crippen LogP contribution in [0, 0.1) is 0 Å². The van der Waals surface area contributed by atoms with Crippen molar-refractivity contribution in [3.63, 3.8) is 0 Å². The summed E-state index contributed by atoms with van der Waals surface area (Å²) in [6.45, 7) is -0.332. The predicted molar refractivity (Wildman–Crippen MR) is 64.4 cm³/mol. The van der Waals surface area contributed by atoms with Gasteiger partial charge in [-0.1, -0.05) is 0 Å². The first-order valence-electron chi connectivity index (χ1n) is 5.13. The summed E-state index contributed by atoms with van der Waals surface area (Å²) in [6.07, 6.45) is 0.804. The number of halogens is 2. The zero-order chi connectivity index (χ0) is 14.2. The van der Waals surface area contributed by atoms with Gasteiger partial charge in [0.05, 0.1) is 13.3 Å². The standard InChI is InChI=1S/C9H9ClFN3O4S/c1-18-6-3-12-9(10)13-8(6)14-4-5(2-7(14)15)19(11,16)17/h3,5H,2,4H2,1H3. The molecule has 1 aliphatic heterocycles. The van der Waals surface area contributed by atoms with Crippen LogP contribution in [0.1, 0.15) is 6.42 Å². The second-order valence-electron chi connectivity index (χ2n) is 3.84.